The predicted molar refractivity (Wildman–Crippen MR) is 109 cm³/mol. The molecule has 2 aromatic rings. The molecule has 0 aliphatic carbocycles. The van der Waals surface area contributed by atoms with Gasteiger partial charge < -0.3 is 9.80 Å². The van der Waals surface area contributed by atoms with Crippen LogP contribution in [0.5, 0.6) is 0 Å². The van der Waals surface area contributed by atoms with Crippen LogP contribution in [0.2, 0.25) is 0 Å². The molecule has 1 aliphatic rings. The van der Waals surface area contributed by atoms with E-state index in [1.807, 2.05) is 30.3 Å². The minimum Gasteiger partial charge on any atom is -0.308 e. The summed E-state index contributed by atoms with van der Waals surface area (Å²) in [4.78, 5) is 18.0. The van der Waals surface area contributed by atoms with Crippen molar-refractivity contribution in [3.63, 3.8) is 0 Å². The topological polar surface area (TPSA) is 23.6 Å². The SMILES string of the molecule is CCN1CCC(N(C(=O)Cc2ccccc2)c2c(C)cccc2C)CC1. The molecule has 3 nitrogen and oxygen atoms in total. The lowest BCUT2D eigenvalue weighted by molar-refractivity contribution is -0.118. The third-order valence-electron chi connectivity index (χ3n) is 5.52. The van der Waals surface area contributed by atoms with E-state index in [2.05, 4.69) is 48.8 Å². The number of carbonyl (C=O) groups is 1. The van der Waals surface area contributed by atoms with Crippen molar-refractivity contribution in [2.24, 2.45) is 0 Å². The summed E-state index contributed by atoms with van der Waals surface area (Å²) < 4.78 is 0. The minimum atomic E-state index is 0.212. The third kappa shape index (κ3) is 4.16. The smallest absolute Gasteiger partial charge is 0.231 e. The van der Waals surface area contributed by atoms with Gasteiger partial charge in [-0.15, -0.1) is 0 Å². The van der Waals surface area contributed by atoms with Crippen LogP contribution in [0.4, 0.5) is 5.69 Å². The molecule has 0 spiro atoms. The zero-order chi connectivity index (χ0) is 18.5. The lowest BCUT2D eigenvalue weighted by Gasteiger charge is -2.39. The zero-order valence-electron chi connectivity index (χ0n) is 16.2. The predicted octanol–water partition coefficient (Wildman–Crippen LogP) is 4.36. The molecule has 1 saturated heterocycles. The van der Waals surface area contributed by atoms with Crippen molar-refractivity contribution >= 4 is 11.6 Å². The Morgan fingerprint density at radius 1 is 1.00 bits per heavy atom. The number of benzene rings is 2. The first-order valence-electron chi connectivity index (χ1n) is 9.74. The second kappa shape index (κ2) is 8.50. The fourth-order valence-electron chi connectivity index (χ4n) is 4.05. The van der Waals surface area contributed by atoms with E-state index in [1.54, 1.807) is 0 Å². The molecule has 0 N–H and O–H groups in total. The number of amides is 1. The van der Waals surface area contributed by atoms with Gasteiger partial charge in [0, 0.05) is 24.8 Å². The number of para-hydroxylation sites is 1. The summed E-state index contributed by atoms with van der Waals surface area (Å²) >= 11 is 0. The van der Waals surface area contributed by atoms with Crippen molar-refractivity contribution < 1.29 is 4.79 Å². The van der Waals surface area contributed by atoms with Gasteiger partial charge in [0.25, 0.3) is 0 Å². The first kappa shape index (κ1) is 18.7. The Kier molecular flexibility index (Phi) is 6.10. The first-order chi connectivity index (χ1) is 12.6. The highest BCUT2D eigenvalue weighted by atomic mass is 16.2. The molecule has 1 heterocycles. The molecule has 0 radical (unpaired) electrons. The molecule has 0 saturated carbocycles. The standard InChI is InChI=1S/C23H30N2O/c1-4-24-15-13-21(14-16-24)25(23-18(2)9-8-10-19(23)3)22(26)17-20-11-6-5-7-12-20/h5-12,21H,4,13-17H2,1-3H3. The quantitative estimate of drug-likeness (QED) is 0.800. The monoisotopic (exact) mass is 350 g/mol. The Labute approximate surface area is 157 Å². The van der Waals surface area contributed by atoms with Gasteiger partial charge in [-0.05, 0) is 49.9 Å². The summed E-state index contributed by atoms with van der Waals surface area (Å²) in [6.07, 6.45) is 2.55. The highest BCUT2D eigenvalue weighted by molar-refractivity contribution is 5.96. The van der Waals surface area contributed by atoms with Crippen LogP contribution in [0.15, 0.2) is 48.5 Å². The number of carbonyl (C=O) groups excluding carboxylic acids is 1. The van der Waals surface area contributed by atoms with Crippen molar-refractivity contribution in [1.29, 1.82) is 0 Å². The van der Waals surface area contributed by atoms with Gasteiger partial charge in [-0.1, -0.05) is 55.5 Å². The van der Waals surface area contributed by atoms with E-state index in [0.717, 1.165) is 43.7 Å². The molecule has 0 bridgehead atoms. The Morgan fingerprint density at radius 2 is 1.62 bits per heavy atom. The van der Waals surface area contributed by atoms with Gasteiger partial charge in [0.15, 0.2) is 0 Å². The zero-order valence-corrected chi connectivity index (χ0v) is 16.2. The Hall–Kier alpha value is -2.13. The van der Waals surface area contributed by atoms with Crippen LogP contribution in [0.1, 0.15) is 36.5 Å². The number of hydrogen-bond acceptors (Lipinski definition) is 2. The maximum atomic E-state index is 13.4. The highest BCUT2D eigenvalue weighted by Crippen LogP contribution is 2.30. The Bertz CT molecular complexity index is 713. The van der Waals surface area contributed by atoms with Crippen LogP contribution in [-0.2, 0) is 11.2 Å². The largest absolute Gasteiger partial charge is 0.308 e. The molecule has 3 rings (SSSR count). The second-order valence-electron chi connectivity index (χ2n) is 7.33. The number of nitrogens with zero attached hydrogens (tertiary/aromatic N) is 2. The van der Waals surface area contributed by atoms with Crippen LogP contribution in [-0.4, -0.2) is 36.5 Å². The van der Waals surface area contributed by atoms with Gasteiger partial charge in [-0.3, -0.25) is 4.79 Å². The number of aryl methyl sites for hydroxylation is 2. The number of rotatable bonds is 5. The molecule has 0 atom stereocenters. The summed E-state index contributed by atoms with van der Waals surface area (Å²) in [5, 5.41) is 0. The van der Waals surface area contributed by atoms with E-state index in [0.29, 0.717) is 6.42 Å². The third-order valence-corrected chi connectivity index (χ3v) is 5.52. The number of likely N-dealkylation sites (tertiary alicyclic amines) is 1. The lowest BCUT2D eigenvalue weighted by Crippen LogP contribution is -2.48. The minimum absolute atomic E-state index is 0.212. The number of hydrogen-bond donors (Lipinski definition) is 0. The molecule has 1 fully saturated rings. The van der Waals surface area contributed by atoms with Crippen LogP contribution in [0.25, 0.3) is 0 Å². The fraction of sp³-hybridized carbons (Fsp3) is 0.435. The second-order valence-corrected chi connectivity index (χ2v) is 7.33. The van der Waals surface area contributed by atoms with Crippen LogP contribution in [0, 0.1) is 13.8 Å². The molecular formula is C23H30N2O. The van der Waals surface area contributed by atoms with Crippen LogP contribution >= 0.6 is 0 Å². The van der Waals surface area contributed by atoms with Gasteiger partial charge in [0.1, 0.15) is 0 Å². The van der Waals surface area contributed by atoms with Crippen LogP contribution in [0.3, 0.4) is 0 Å². The molecule has 26 heavy (non-hydrogen) atoms. The Morgan fingerprint density at radius 3 is 2.19 bits per heavy atom. The Balaban J connectivity index is 1.90. The summed E-state index contributed by atoms with van der Waals surface area (Å²) in [6.45, 7) is 9.68. The highest BCUT2D eigenvalue weighted by Gasteiger charge is 2.30. The molecule has 0 aromatic heterocycles. The maximum absolute atomic E-state index is 13.4. The van der Waals surface area contributed by atoms with Crippen molar-refractivity contribution in [3.05, 3.63) is 65.2 Å². The van der Waals surface area contributed by atoms with E-state index in [-0.39, 0.29) is 11.9 Å². The van der Waals surface area contributed by atoms with Crippen molar-refractivity contribution in [3.8, 4) is 0 Å². The van der Waals surface area contributed by atoms with Crippen molar-refractivity contribution in [2.45, 2.75) is 46.1 Å². The first-order valence-corrected chi connectivity index (χ1v) is 9.74. The summed E-state index contributed by atoms with van der Waals surface area (Å²) in [7, 11) is 0. The summed E-state index contributed by atoms with van der Waals surface area (Å²) in [5.41, 5.74) is 4.57. The van der Waals surface area contributed by atoms with Crippen LogP contribution < -0.4 is 4.90 Å². The molecule has 0 unspecified atom stereocenters. The number of anilines is 1. The average Bonchev–Trinajstić information content (AvgIpc) is 2.66. The molecule has 1 amide bonds. The molecule has 2 aromatic carbocycles. The molecule has 138 valence electrons. The van der Waals surface area contributed by atoms with E-state index >= 15 is 0 Å². The van der Waals surface area contributed by atoms with E-state index in [4.69, 9.17) is 0 Å². The van der Waals surface area contributed by atoms with E-state index in [1.165, 1.54) is 11.1 Å². The number of piperidine rings is 1. The molecule has 3 heteroatoms. The van der Waals surface area contributed by atoms with Gasteiger partial charge in [-0.25, -0.2) is 0 Å². The van der Waals surface area contributed by atoms with Gasteiger partial charge in [-0.2, -0.15) is 0 Å². The fourth-order valence-corrected chi connectivity index (χ4v) is 4.05. The average molecular weight is 351 g/mol. The molecular weight excluding hydrogens is 320 g/mol. The van der Waals surface area contributed by atoms with E-state index < -0.39 is 0 Å². The summed E-state index contributed by atoms with van der Waals surface area (Å²) in [5.74, 6) is 0.212. The normalized spacial score (nSPS) is 15.8. The summed E-state index contributed by atoms with van der Waals surface area (Å²) in [6, 6.07) is 16.7. The van der Waals surface area contributed by atoms with Crippen molar-refractivity contribution in [1.82, 2.24) is 4.90 Å². The maximum Gasteiger partial charge on any atom is 0.231 e. The van der Waals surface area contributed by atoms with E-state index in [9.17, 15) is 4.79 Å². The van der Waals surface area contributed by atoms with Gasteiger partial charge in [0.2, 0.25) is 5.91 Å². The lowest BCUT2D eigenvalue weighted by atomic mass is 9.98. The van der Waals surface area contributed by atoms with Gasteiger partial charge in [0.05, 0.1) is 6.42 Å². The molecule has 1 aliphatic heterocycles. The van der Waals surface area contributed by atoms with Crippen molar-refractivity contribution in [2.75, 3.05) is 24.5 Å². The van der Waals surface area contributed by atoms with Gasteiger partial charge >= 0.3 is 0 Å².